The normalized spacial score (nSPS) is 10.8. The zero-order chi connectivity index (χ0) is 12.8. The van der Waals surface area contributed by atoms with Crippen LogP contribution in [0.25, 0.3) is 0 Å². The van der Waals surface area contributed by atoms with Gasteiger partial charge in [-0.05, 0) is 42.7 Å². The van der Waals surface area contributed by atoms with Crippen LogP contribution in [0.3, 0.4) is 0 Å². The molecule has 3 nitrogen and oxygen atoms in total. The van der Waals surface area contributed by atoms with Crippen LogP contribution in [0.4, 0.5) is 0 Å². The van der Waals surface area contributed by atoms with E-state index in [9.17, 15) is 0 Å². The summed E-state index contributed by atoms with van der Waals surface area (Å²) in [6.45, 7) is 2.21. The highest BCUT2D eigenvalue weighted by atomic mass is 32.2. The van der Waals surface area contributed by atoms with Crippen LogP contribution in [0, 0.1) is 0 Å². The van der Waals surface area contributed by atoms with Crippen LogP contribution in [0.15, 0.2) is 35.4 Å². The van der Waals surface area contributed by atoms with E-state index in [1.54, 1.807) is 4.68 Å². The Balaban J connectivity index is 1.86. The molecule has 0 saturated carbocycles. The second-order valence-corrected chi connectivity index (χ2v) is 5.54. The fourth-order valence-corrected chi connectivity index (χ4v) is 2.52. The van der Waals surface area contributed by atoms with Gasteiger partial charge in [0.05, 0.1) is 5.69 Å². The molecular weight excluding hydrogens is 242 g/mol. The molecule has 1 heterocycles. The largest absolute Gasteiger partial charge is 0.255 e. The summed E-state index contributed by atoms with van der Waals surface area (Å²) >= 11 is 1.92. The molecule has 0 bridgehead atoms. The molecule has 2 aromatic rings. The van der Waals surface area contributed by atoms with E-state index in [0.717, 1.165) is 18.5 Å². The van der Waals surface area contributed by atoms with Gasteiger partial charge in [-0.25, -0.2) is 0 Å². The first-order chi connectivity index (χ1) is 8.78. The van der Waals surface area contributed by atoms with Crippen molar-refractivity contribution in [3.63, 3.8) is 0 Å². The lowest BCUT2D eigenvalue weighted by Gasteiger charge is -2.02. The maximum atomic E-state index is 4.10. The van der Waals surface area contributed by atoms with Gasteiger partial charge in [0.15, 0.2) is 0 Å². The summed E-state index contributed by atoms with van der Waals surface area (Å²) in [5, 5.41) is 8.04. The zero-order valence-electron chi connectivity index (χ0n) is 11.0. The van der Waals surface area contributed by atoms with E-state index in [1.807, 2.05) is 25.0 Å². The van der Waals surface area contributed by atoms with E-state index in [4.69, 9.17) is 0 Å². The molecule has 0 spiro atoms. The van der Waals surface area contributed by atoms with Crippen molar-refractivity contribution in [1.82, 2.24) is 15.0 Å². The predicted molar refractivity (Wildman–Crippen MR) is 75.9 cm³/mol. The van der Waals surface area contributed by atoms with Gasteiger partial charge in [0.2, 0.25) is 0 Å². The van der Waals surface area contributed by atoms with Crippen molar-refractivity contribution < 1.29 is 0 Å². The molecule has 0 fully saturated rings. The summed E-state index contributed by atoms with van der Waals surface area (Å²) in [5.74, 6) is 1.19. The van der Waals surface area contributed by atoms with Gasteiger partial charge in [-0.15, -0.1) is 16.9 Å². The number of nitrogens with zero attached hydrogens (tertiary/aromatic N) is 3. The number of rotatable bonds is 6. The quantitative estimate of drug-likeness (QED) is 0.749. The fraction of sp³-hybridized carbons (Fsp3) is 0.429. The van der Waals surface area contributed by atoms with Gasteiger partial charge < -0.3 is 0 Å². The second kappa shape index (κ2) is 6.59. The lowest BCUT2D eigenvalue weighted by molar-refractivity contribution is 0.713. The lowest BCUT2D eigenvalue weighted by Crippen LogP contribution is -1.91. The van der Waals surface area contributed by atoms with E-state index in [2.05, 4.69) is 41.5 Å². The molecule has 0 atom stereocenters. The van der Waals surface area contributed by atoms with E-state index in [0.29, 0.717) is 0 Å². The third-order valence-corrected chi connectivity index (χ3v) is 3.93. The van der Waals surface area contributed by atoms with Crippen molar-refractivity contribution in [3.05, 3.63) is 41.7 Å². The Hall–Kier alpha value is -1.29. The molecule has 0 amide bonds. The van der Waals surface area contributed by atoms with Gasteiger partial charge >= 0.3 is 0 Å². The number of hydrogen-bond acceptors (Lipinski definition) is 3. The molecule has 0 aliphatic heterocycles. The Morgan fingerprint density at radius 3 is 2.56 bits per heavy atom. The fourth-order valence-electron chi connectivity index (χ4n) is 1.75. The minimum absolute atomic E-state index is 0.954. The van der Waals surface area contributed by atoms with Crippen LogP contribution in [0.5, 0.6) is 0 Å². The molecule has 1 aromatic heterocycles. The van der Waals surface area contributed by atoms with Crippen LogP contribution in [0.2, 0.25) is 0 Å². The first-order valence-corrected chi connectivity index (χ1v) is 7.33. The minimum Gasteiger partial charge on any atom is -0.255 e. The first kappa shape index (κ1) is 13.1. The van der Waals surface area contributed by atoms with Crippen LogP contribution >= 0.6 is 11.8 Å². The summed E-state index contributed by atoms with van der Waals surface area (Å²) in [7, 11) is 1.90. The second-order valence-electron chi connectivity index (χ2n) is 4.38. The number of thioether (sulfide) groups is 1. The highest BCUT2D eigenvalue weighted by Crippen LogP contribution is 2.19. The van der Waals surface area contributed by atoms with Crippen molar-refractivity contribution in [2.24, 2.45) is 7.05 Å². The highest BCUT2D eigenvalue weighted by Gasteiger charge is 2.00. The number of aromatic nitrogens is 3. The van der Waals surface area contributed by atoms with Crippen molar-refractivity contribution in [3.8, 4) is 0 Å². The SMILES string of the molecule is CCCSc1ccc(CCc2cn(C)nn2)cc1. The topological polar surface area (TPSA) is 30.7 Å². The van der Waals surface area contributed by atoms with Gasteiger partial charge in [-0.3, -0.25) is 4.68 Å². The summed E-state index contributed by atoms with van der Waals surface area (Å²) in [6.07, 6.45) is 5.18. The third kappa shape index (κ3) is 3.88. The highest BCUT2D eigenvalue weighted by molar-refractivity contribution is 7.99. The number of aryl methyl sites for hydroxylation is 3. The van der Waals surface area contributed by atoms with E-state index in [-0.39, 0.29) is 0 Å². The van der Waals surface area contributed by atoms with Gasteiger partial charge in [0.25, 0.3) is 0 Å². The first-order valence-electron chi connectivity index (χ1n) is 6.35. The van der Waals surface area contributed by atoms with Crippen molar-refractivity contribution in [1.29, 1.82) is 0 Å². The van der Waals surface area contributed by atoms with Crippen LogP contribution < -0.4 is 0 Å². The molecule has 2 rings (SSSR count). The van der Waals surface area contributed by atoms with Crippen molar-refractivity contribution in [2.45, 2.75) is 31.1 Å². The molecule has 4 heteroatoms. The Kier molecular flexibility index (Phi) is 4.81. The third-order valence-electron chi connectivity index (χ3n) is 2.72. The average Bonchev–Trinajstić information content (AvgIpc) is 2.81. The Bertz CT molecular complexity index is 476. The molecule has 0 N–H and O–H groups in total. The predicted octanol–water partition coefficient (Wildman–Crippen LogP) is 3.10. The molecule has 1 aromatic carbocycles. The van der Waals surface area contributed by atoms with Gasteiger partial charge in [-0.1, -0.05) is 24.3 Å². The molecule has 18 heavy (non-hydrogen) atoms. The molecule has 0 unspecified atom stereocenters. The minimum atomic E-state index is 0.954. The summed E-state index contributed by atoms with van der Waals surface area (Å²) in [5.41, 5.74) is 2.42. The van der Waals surface area contributed by atoms with Gasteiger partial charge in [-0.2, -0.15) is 0 Å². The zero-order valence-corrected chi connectivity index (χ0v) is 11.8. The molecule has 0 radical (unpaired) electrons. The summed E-state index contributed by atoms with van der Waals surface area (Å²) in [4.78, 5) is 1.36. The van der Waals surface area contributed by atoms with Crippen LogP contribution in [-0.2, 0) is 19.9 Å². The molecular formula is C14H19N3S. The molecule has 96 valence electrons. The lowest BCUT2D eigenvalue weighted by atomic mass is 10.1. The Morgan fingerprint density at radius 1 is 1.17 bits per heavy atom. The van der Waals surface area contributed by atoms with Crippen LogP contribution in [0.1, 0.15) is 24.6 Å². The summed E-state index contributed by atoms with van der Waals surface area (Å²) < 4.78 is 1.75. The van der Waals surface area contributed by atoms with E-state index in [1.165, 1.54) is 22.6 Å². The maximum Gasteiger partial charge on any atom is 0.0830 e. The van der Waals surface area contributed by atoms with Gasteiger partial charge in [0, 0.05) is 18.1 Å². The smallest absolute Gasteiger partial charge is 0.0830 e. The maximum absolute atomic E-state index is 4.10. The molecule has 0 aliphatic rings. The van der Waals surface area contributed by atoms with E-state index < -0.39 is 0 Å². The van der Waals surface area contributed by atoms with Crippen molar-refractivity contribution >= 4 is 11.8 Å². The summed E-state index contributed by atoms with van der Waals surface area (Å²) in [6, 6.07) is 8.86. The molecule has 0 aliphatic carbocycles. The van der Waals surface area contributed by atoms with E-state index >= 15 is 0 Å². The van der Waals surface area contributed by atoms with Gasteiger partial charge in [0.1, 0.15) is 0 Å². The average molecular weight is 261 g/mol. The number of hydrogen-bond donors (Lipinski definition) is 0. The molecule has 0 saturated heterocycles. The Morgan fingerprint density at radius 2 is 1.94 bits per heavy atom. The van der Waals surface area contributed by atoms with Crippen LogP contribution in [-0.4, -0.2) is 20.7 Å². The monoisotopic (exact) mass is 261 g/mol. The Labute approximate surface area is 113 Å². The number of benzene rings is 1. The standard InChI is InChI=1S/C14H19N3S/c1-3-10-18-14-8-5-12(6-9-14)4-7-13-11-17(2)16-15-13/h5-6,8-9,11H,3-4,7,10H2,1-2H3. The van der Waals surface area contributed by atoms with Crippen molar-refractivity contribution in [2.75, 3.05) is 5.75 Å².